The number of thiophene rings is 1. The fourth-order valence-electron chi connectivity index (χ4n) is 4.15. The molecular formula is C19H23N3O5S3. The number of esters is 1. The Morgan fingerprint density at radius 3 is 2.73 bits per heavy atom. The van der Waals surface area contributed by atoms with E-state index in [2.05, 4.69) is 9.97 Å². The topological polar surface area (TPSA) is 107 Å². The van der Waals surface area contributed by atoms with Gasteiger partial charge in [0.25, 0.3) is 5.91 Å². The number of nitrogens with zero attached hydrogens (tertiary/aromatic N) is 3. The monoisotopic (exact) mass is 469 g/mol. The van der Waals surface area contributed by atoms with E-state index in [9.17, 15) is 18.0 Å². The summed E-state index contributed by atoms with van der Waals surface area (Å²) in [7, 11) is -3.10. The van der Waals surface area contributed by atoms with E-state index in [1.807, 2.05) is 11.4 Å². The summed E-state index contributed by atoms with van der Waals surface area (Å²) in [6.07, 6.45) is 5.72. The van der Waals surface area contributed by atoms with Crippen molar-refractivity contribution in [3.63, 3.8) is 0 Å². The van der Waals surface area contributed by atoms with Crippen LogP contribution < -0.4 is 0 Å². The van der Waals surface area contributed by atoms with Crippen molar-refractivity contribution in [1.82, 2.24) is 14.9 Å². The van der Waals surface area contributed by atoms with E-state index < -0.39 is 15.8 Å². The lowest BCUT2D eigenvalue weighted by Gasteiger charge is -2.33. The number of carbonyl (C=O) groups excluding carboxylic acids is 2. The Balaban J connectivity index is 1.33. The first-order chi connectivity index (χ1) is 14.4. The van der Waals surface area contributed by atoms with Crippen molar-refractivity contribution >= 4 is 55.0 Å². The minimum absolute atomic E-state index is 0.00336. The molecule has 0 aromatic carbocycles. The van der Waals surface area contributed by atoms with E-state index in [1.54, 1.807) is 4.90 Å². The Labute approximate surface area is 183 Å². The molecular weight excluding hydrogens is 446 g/mol. The van der Waals surface area contributed by atoms with Gasteiger partial charge in [-0.3, -0.25) is 9.59 Å². The molecule has 8 nitrogen and oxygen atoms in total. The number of thioether (sulfide) groups is 1. The molecule has 2 fully saturated rings. The van der Waals surface area contributed by atoms with Crippen molar-refractivity contribution in [2.45, 2.75) is 49.2 Å². The van der Waals surface area contributed by atoms with Crippen molar-refractivity contribution in [3.05, 3.63) is 17.8 Å². The molecule has 162 valence electrons. The van der Waals surface area contributed by atoms with Crippen LogP contribution in [-0.4, -0.2) is 71.1 Å². The molecule has 3 heterocycles. The van der Waals surface area contributed by atoms with Crippen LogP contribution in [-0.2, 0) is 24.2 Å². The number of sulfone groups is 1. The molecule has 30 heavy (non-hydrogen) atoms. The van der Waals surface area contributed by atoms with E-state index in [0.29, 0.717) is 11.4 Å². The van der Waals surface area contributed by atoms with Gasteiger partial charge in [0.1, 0.15) is 16.2 Å². The molecule has 0 bridgehead atoms. The Kier molecular flexibility index (Phi) is 6.59. The minimum Gasteiger partial charge on any atom is -0.455 e. The molecule has 2 aromatic rings. The molecule has 0 radical (unpaired) electrons. The third-order valence-electron chi connectivity index (χ3n) is 5.52. The third kappa shape index (κ3) is 4.94. The molecule has 0 spiro atoms. The van der Waals surface area contributed by atoms with Crippen molar-refractivity contribution in [3.8, 4) is 0 Å². The normalized spacial score (nSPS) is 21.1. The van der Waals surface area contributed by atoms with E-state index in [-0.39, 0.29) is 41.9 Å². The van der Waals surface area contributed by atoms with Gasteiger partial charge in [-0.05, 0) is 30.7 Å². The Hall–Kier alpha value is -1.72. The minimum atomic E-state index is -3.10. The maximum Gasteiger partial charge on any atom is 0.316 e. The summed E-state index contributed by atoms with van der Waals surface area (Å²) < 4.78 is 29.0. The van der Waals surface area contributed by atoms with Crippen LogP contribution >= 0.6 is 23.1 Å². The standard InChI is InChI=1S/C19H23N3O5S3/c23-16(22(13-3-1-2-4-13)14-6-8-30(25,26)11-14)9-27-17(24)10-29-19-15-5-7-28-18(15)20-12-21-19/h5,7,12-14H,1-4,6,8-11H2/t14-/m0/s1. The smallest absolute Gasteiger partial charge is 0.316 e. The number of aromatic nitrogens is 2. The summed E-state index contributed by atoms with van der Waals surface area (Å²) >= 11 is 2.75. The quantitative estimate of drug-likeness (QED) is 0.345. The first-order valence-electron chi connectivity index (χ1n) is 9.91. The molecule has 1 amide bonds. The number of rotatable bonds is 7. The molecule has 1 aliphatic carbocycles. The SMILES string of the molecule is O=C(CSc1ncnc2sccc12)OCC(=O)N(C1CCCC1)[C@H]1CCS(=O)(=O)C1. The summed E-state index contributed by atoms with van der Waals surface area (Å²) in [4.78, 5) is 36.0. The van der Waals surface area contributed by atoms with Crippen LogP contribution in [0.2, 0.25) is 0 Å². The van der Waals surface area contributed by atoms with Gasteiger partial charge in [0.2, 0.25) is 0 Å². The molecule has 0 unspecified atom stereocenters. The number of fused-ring (bicyclic) bond motifs is 1. The van der Waals surface area contributed by atoms with Gasteiger partial charge in [0.15, 0.2) is 16.4 Å². The summed E-state index contributed by atoms with van der Waals surface area (Å²) in [6, 6.07) is 1.63. The highest BCUT2D eigenvalue weighted by atomic mass is 32.2. The van der Waals surface area contributed by atoms with Crippen LogP contribution in [0.1, 0.15) is 32.1 Å². The van der Waals surface area contributed by atoms with E-state index in [0.717, 1.165) is 35.9 Å². The summed E-state index contributed by atoms with van der Waals surface area (Å²) in [5, 5.41) is 3.51. The first-order valence-corrected chi connectivity index (χ1v) is 13.6. The number of carbonyl (C=O) groups is 2. The van der Waals surface area contributed by atoms with Crippen molar-refractivity contribution in [1.29, 1.82) is 0 Å². The summed E-state index contributed by atoms with van der Waals surface area (Å²) in [6.45, 7) is -0.357. The van der Waals surface area contributed by atoms with Crippen LogP contribution in [0.4, 0.5) is 0 Å². The van der Waals surface area contributed by atoms with Gasteiger partial charge in [0.05, 0.1) is 17.3 Å². The number of ether oxygens (including phenoxy) is 1. The molecule has 1 aliphatic heterocycles. The van der Waals surface area contributed by atoms with Crippen LogP contribution in [0, 0.1) is 0 Å². The van der Waals surface area contributed by atoms with Gasteiger partial charge < -0.3 is 9.64 Å². The fourth-order valence-corrected chi connectivity index (χ4v) is 7.44. The molecule has 2 aliphatic rings. The maximum atomic E-state index is 12.9. The predicted octanol–water partition coefficient (Wildman–Crippen LogP) is 2.28. The van der Waals surface area contributed by atoms with E-state index in [4.69, 9.17) is 4.74 Å². The van der Waals surface area contributed by atoms with Gasteiger partial charge >= 0.3 is 5.97 Å². The van der Waals surface area contributed by atoms with Gasteiger partial charge in [-0.1, -0.05) is 24.6 Å². The molecule has 2 aromatic heterocycles. The zero-order valence-corrected chi connectivity index (χ0v) is 18.8. The average molecular weight is 470 g/mol. The molecule has 1 saturated carbocycles. The van der Waals surface area contributed by atoms with E-state index >= 15 is 0 Å². The first kappa shape index (κ1) is 21.5. The highest BCUT2D eigenvalue weighted by Crippen LogP contribution is 2.30. The predicted molar refractivity (Wildman–Crippen MR) is 115 cm³/mol. The lowest BCUT2D eigenvalue weighted by Crippen LogP contribution is -2.48. The average Bonchev–Trinajstić information content (AvgIpc) is 3.46. The largest absolute Gasteiger partial charge is 0.455 e. The Morgan fingerprint density at radius 1 is 1.20 bits per heavy atom. The summed E-state index contributed by atoms with van der Waals surface area (Å²) in [5.41, 5.74) is 0. The Morgan fingerprint density at radius 2 is 2.00 bits per heavy atom. The van der Waals surface area contributed by atoms with Crippen molar-refractivity contribution < 1.29 is 22.7 Å². The van der Waals surface area contributed by atoms with Crippen LogP contribution in [0.3, 0.4) is 0 Å². The van der Waals surface area contributed by atoms with Gasteiger partial charge in [0, 0.05) is 17.5 Å². The lowest BCUT2D eigenvalue weighted by molar-refractivity contribution is -0.152. The van der Waals surface area contributed by atoms with Gasteiger partial charge in [-0.15, -0.1) is 11.3 Å². The van der Waals surface area contributed by atoms with Crippen LogP contribution in [0.25, 0.3) is 10.2 Å². The van der Waals surface area contributed by atoms with Gasteiger partial charge in [-0.25, -0.2) is 18.4 Å². The molecule has 11 heteroatoms. The molecule has 1 atom stereocenters. The molecule has 4 rings (SSSR count). The second kappa shape index (κ2) is 9.19. The molecule has 1 saturated heterocycles. The number of hydrogen-bond acceptors (Lipinski definition) is 9. The van der Waals surface area contributed by atoms with Crippen molar-refractivity contribution in [2.24, 2.45) is 0 Å². The maximum absolute atomic E-state index is 12.9. The van der Waals surface area contributed by atoms with Crippen molar-refractivity contribution in [2.75, 3.05) is 23.9 Å². The Bertz CT molecular complexity index is 1030. The second-order valence-electron chi connectivity index (χ2n) is 7.56. The molecule has 0 N–H and O–H groups in total. The van der Waals surface area contributed by atoms with Crippen LogP contribution in [0.5, 0.6) is 0 Å². The summed E-state index contributed by atoms with van der Waals surface area (Å²) in [5.74, 6) is -0.647. The highest BCUT2D eigenvalue weighted by Gasteiger charge is 2.39. The van der Waals surface area contributed by atoms with Gasteiger partial charge in [-0.2, -0.15) is 0 Å². The fraction of sp³-hybridized carbons (Fsp3) is 0.579. The third-order valence-corrected chi connectivity index (χ3v) is 9.07. The second-order valence-corrected chi connectivity index (χ2v) is 11.7. The number of amides is 1. The van der Waals surface area contributed by atoms with E-state index in [1.165, 1.54) is 29.4 Å². The zero-order valence-electron chi connectivity index (χ0n) is 16.4. The highest BCUT2D eigenvalue weighted by molar-refractivity contribution is 8.00. The lowest BCUT2D eigenvalue weighted by atomic mass is 10.1. The van der Waals surface area contributed by atoms with Crippen LogP contribution in [0.15, 0.2) is 22.8 Å². The number of hydrogen-bond donors (Lipinski definition) is 0. The zero-order chi connectivity index (χ0) is 21.1.